The zero-order chi connectivity index (χ0) is 29.7. The number of carboxylic acid groups (broad SMARTS) is 6. The fourth-order valence-corrected chi connectivity index (χ4v) is 2.16. The van der Waals surface area contributed by atoms with Crippen molar-refractivity contribution in [2.75, 3.05) is 13.2 Å². The van der Waals surface area contributed by atoms with E-state index in [9.17, 15) is 28.8 Å². The second-order valence-corrected chi connectivity index (χ2v) is 6.79. The number of hydrogen-bond donors (Lipinski definition) is 8. The molecule has 0 unspecified atom stereocenters. The monoisotopic (exact) mass is 540 g/mol. The molecule has 2 rings (SSSR count). The highest BCUT2D eigenvalue weighted by atomic mass is 16.4. The molecule has 14 nitrogen and oxygen atoms in total. The molecule has 14 heteroatoms. The van der Waals surface area contributed by atoms with Crippen LogP contribution in [0.4, 0.5) is 0 Å². The summed E-state index contributed by atoms with van der Waals surface area (Å²) in [7, 11) is 0. The predicted octanol–water partition coefficient (Wildman–Crippen LogP) is 1.85. The lowest BCUT2D eigenvalue weighted by molar-refractivity contribution is -0.139. The maximum absolute atomic E-state index is 10.5. The molecule has 0 spiro atoms. The third-order valence-corrected chi connectivity index (χ3v) is 3.90. The van der Waals surface area contributed by atoms with Gasteiger partial charge in [-0.05, 0) is 49.2 Å². The normalized spacial score (nSPS) is 9.11. The molecule has 0 aromatic heterocycles. The van der Waals surface area contributed by atoms with Crippen LogP contribution in [0.1, 0.15) is 67.1 Å². The molecule has 0 aliphatic heterocycles. The molecule has 0 radical (unpaired) electrons. The standard InChI is InChI=1S/2C8H6O4.C6H10O4.C2H6O2/c9-7(10)5-1-2-6(4-3-5)8(11)12;9-7(10)5-3-1-2-4-6(5)8(11)12;7-5(8)3-1-2-4-6(9)10;3-1-2-4/h2*1-4H,(H,9,10)(H,11,12);1-4H2,(H,7,8)(H,9,10);3-4H,1-2H2. The molecule has 8 N–H and O–H groups in total. The van der Waals surface area contributed by atoms with E-state index in [1.54, 1.807) is 0 Å². The first-order chi connectivity index (χ1) is 17.8. The highest BCUT2D eigenvalue weighted by molar-refractivity contribution is 6.01. The lowest BCUT2D eigenvalue weighted by Crippen LogP contribution is -2.06. The van der Waals surface area contributed by atoms with Gasteiger partial charge in [0, 0.05) is 12.8 Å². The maximum Gasteiger partial charge on any atom is 0.336 e. The van der Waals surface area contributed by atoms with Crippen molar-refractivity contribution < 1.29 is 69.6 Å². The maximum atomic E-state index is 10.5. The van der Waals surface area contributed by atoms with Gasteiger partial charge in [0.05, 0.1) is 35.5 Å². The lowest BCUT2D eigenvalue weighted by atomic mass is 10.1. The van der Waals surface area contributed by atoms with Crippen molar-refractivity contribution in [3.63, 3.8) is 0 Å². The Morgan fingerprint density at radius 2 is 0.763 bits per heavy atom. The summed E-state index contributed by atoms with van der Waals surface area (Å²) in [6.45, 7) is -0.250. The predicted molar refractivity (Wildman–Crippen MR) is 129 cm³/mol. The van der Waals surface area contributed by atoms with Crippen LogP contribution < -0.4 is 0 Å². The SMILES string of the molecule is O=C(O)CCCCC(=O)O.O=C(O)c1ccc(C(=O)O)cc1.O=C(O)c1ccccc1C(=O)O.OCCO. The average Bonchev–Trinajstić information content (AvgIpc) is 2.87. The van der Waals surface area contributed by atoms with Crippen molar-refractivity contribution in [3.8, 4) is 0 Å². The molecule has 0 heterocycles. The van der Waals surface area contributed by atoms with E-state index in [4.69, 9.17) is 40.9 Å². The van der Waals surface area contributed by atoms with Crippen molar-refractivity contribution in [2.24, 2.45) is 0 Å². The van der Waals surface area contributed by atoms with Gasteiger partial charge in [0.15, 0.2) is 0 Å². The molecule has 0 atom stereocenters. The summed E-state index contributed by atoms with van der Waals surface area (Å²) >= 11 is 0. The van der Waals surface area contributed by atoms with Gasteiger partial charge in [-0.3, -0.25) is 9.59 Å². The number of rotatable bonds is 10. The van der Waals surface area contributed by atoms with Crippen LogP contribution in [0.2, 0.25) is 0 Å². The highest BCUT2D eigenvalue weighted by Gasteiger charge is 2.13. The topological polar surface area (TPSA) is 264 Å². The molecular weight excluding hydrogens is 512 g/mol. The molecular formula is C24H28O14. The largest absolute Gasteiger partial charge is 0.481 e. The van der Waals surface area contributed by atoms with Gasteiger partial charge in [0.2, 0.25) is 0 Å². The molecule has 0 bridgehead atoms. The Bertz CT molecular complexity index is 976. The van der Waals surface area contributed by atoms with Gasteiger partial charge in [-0.25, -0.2) is 19.2 Å². The summed E-state index contributed by atoms with van der Waals surface area (Å²) in [4.78, 5) is 61.4. The van der Waals surface area contributed by atoms with E-state index in [-0.39, 0.29) is 48.3 Å². The van der Waals surface area contributed by atoms with E-state index >= 15 is 0 Å². The van der Waals surface area contributed by atoms with Gasteiger partial charge in [0.25, 0.3) is 0 Å². The fraction of sp³-hybridized carbons (Fsp3) is 0.250. The third kappa shape index (κ3) is 17.6. The van der Waals surface area contributed by atoms with Crippen LogP contribution in [0.3, 0.4) is 0 Å². The molecule has 2 aromatic carbocycles. The van der Waals surface area contributed by atoms with Crippen LogP contribution in [0.15, 0.2) is 48.5 Å². The Hall–Kier alpha value is -4.82. The summed E-state index contributed by atoms with van der Waals surface area (Å²) in [5.74, 6) is -6.32. The summed E-state index contributed by atoms with van der Waals surface area (Å²) in [6, 6.07) is 10.5. The van der Waals surface area contributed by atoms with Crippen LogP contribution in [0, 0.1) is 0 Å². The van der Waals surface area contributed by atoms with E-state index in [0.29, 0.717) is 12.8 Å². The van der Waals surface area contributed by atoms with Gasteiger partial charge in [0.1, 0.15) is 0 Å². The first-order valence-electron chi connectivity index (χ1n) is 10.6. The second kappa shape index (κ2) is 20.4. The quantitative estimate of drug-likeness (QED) is 0.200. The number of unbranched alkanes of at least 4 members (excludes halogenated alkanes) is 1. The van der Waals surface area contributed by atoms with Crippen LogP contribution in [-0.4, -0.2) is 89.9 Å². The van der Waals surface area contributed by atoms with Crippen molar-refractivity contribution in [2.45, 2.75) is 25.7 Å². The Labute approximate surface area is 215 Å². The highest BCUT2D eigenvalue weighted by Crippen LogP contribution is 2.08. The van der Waals surface area contributed by atoms with E-state index in [1.165, 1.54) is 48.5 Å². The molecule has 0 saturated heterocycles. The summed E-state index contributed by atoms with van der Waals surface area (Å²) in [5.41, 5.74) is -0.213. The minimum Gasteiger partial charge on any atom is -0.481 e. The Morgan fingerprint density at radius 3 is 0.947 bits per heavy atom. The summed E-state index contributed by atoms with van der Waals surface area (Å²) in [6.07, 6.45) is 1.02. The van der Waals surface area contributed by atoms with Gasteiger partial charge in [-0.2, -0.15) is 0 Å². The van der Waals surface area contributed by atoms with E-state index < -0.39 is 35.8 Å². The third-order valence-electron chi connectivity index (χ3n) is 3.90. The molecule has 2 aromatic rings. The number of carboxylic acids is 6. The lowest BCUT2D eigenvalue weighted by Gasteiger charge is -1.98. The van der Waals surface area contributed by atoms with Crippen molar-refractivity contribution in [3.05, 3.63) is 70.8 Å². The molecule has 208 valence electrons. The minimum absolute atomic E-state index is 0.0628. The molecule has 0 aliphatic rings. The number of aliphatic carboxylic acids is 2. The van der Waals surface area contributed by atoms with Gasteiger partial charge >= 0.3 is 35.8 Å². The van der Waals surface area contributed by atoms with Crippen LogP contribution >= 0.6 is 0 Å². The van der Waals surface area contributed by atoms with Crippen molar-refractivity contribution in [1.82, 2.24) is 0 Å². The first kappa shape index (κ1) is 35.3. The van der Waals surface area contributed by atoms with E-state index in [0.717, 1.165) is 0 Å². The Balaban J connectivity index is 0. The summed E-state index contributed by atoms with van der Waals surface area (Å²) < 4.78 is 0. The molecule has 38 heavy (non-hydrogen) atoms. The molecule has 0 aliphatic carbocycles. The molecule has 0 amide bonds. The average molecular weight is 540 g/mol. The number of aliphatic hydroxyl groups excluding tert-OH is 2. The Kier molecular flexibility index (Phi) is 19.0. The van der Waals surface area contributed by atoms with E-state index in [1.807, 2.05) is 0 Å². The van der Waals surface area contributed by atoms with Gasteiger partial charge in [-0.15, -0.1) is 0 Å². The van der Waals surface area contributed by atoms with Crippen LogP contribution in [0.25, 0.3) is 0 Å². The van der Waals surface area contributed by atoms with Crippen molar-refractivity contribution >= 4 is 35.8 Å². The van der Waals surface area contributed by atoms with Crippen LogP contribution in [-0.2, 0) is 9.59 Å². The number of aliphatic hydroxyl groups is 2. The zero-order valence-electron chi connectivity index (χ0n) is 19.9. The minimum atomic E-state index is -1.23. The summed E-state index contributed by atoms with van der Waals surface area (Å²) in [5, 5.41) is 65.5. The number of benzene rings is 2. The van der Waals surface area contributed by atoms with Crippen LogP contribution in [0.5, 0.6) is 0 Å². The van der Waals surface area contributed by atoms with Crippen molar-refractivity contribution in [1.29, 1.82) is 0 Å². The number of hydrogen-bond acceptors (Lipinski definition) is 8. The number of aromatic carboxylic acids is 4. The smallest absolute Gasteiger partial charge is 0.336 e. The fourth-order valence-electron chi connectivity index (χ4n) is 2.16. The molecule has 0 saturated carbocycles. The van der Waals surface area contributed by atoms with E-state index in [2.05, 4.69) is 0 Å². The van der Waals surface area contributed by atoms with Gasteiger partial charge < -0.3 is 40.9 Å². The number of carbonyl (C=O) groups is 6. The second-order valence-electron chi connectivity index (χ2n) is 6.79. The van der Waals surface area contributed by atoms with Gasteiger partial charge in [-0.1, -0.05) is 12.1 Å². The Morgan fingerprint density at radius 1 is 0.474 bits per heavy atom. The molecule has 0 fully saturated rings. The first-order valence-corrected chi connectivity index (χ1v) is 10.6. The zero-order valence-corrected chi connectivity index (χ0v) is 19.9.